The molecule has 39 heavy (non-hydrogen) atoms. The SMILES string of the molecule is COc1cc(Cc2cnc(N)nc2N)cc(C(=O)/C=C/N2CCc3ccccc3C2c2cnccn2)c1OC. The van der Waals surface area contributed by atoms with Gasteiger partial charge in [-0.3, -0.25) is 14.8 Å². The lowest BCUT2D eigenvalue weighted by molar-refractivity contribution is 0.104. The largest absolute Gasteiger partial charge is 0.493 e. The van der Waals surface area contributed by atoms with Gasteiger partial charge in [-0.25, -0.2) is 4.98 Å². The van der Waals surface area contributed by atoms with Crippen LogP contribution in [0.3, 0.4) is 0 Å². The number of nitrogens with zero attached hydrogens (tertiary/aromatic N) is 5. The standard InChI is InChI=1S/C29H29N7O3/c1-38-25-15-18(13-20-16-34-29(31)35-28(20)30)14-22(27(25)39-2)24(37)8-12-36-11-7-19-5-3-4-6-21(19)26(36)23-17-32-9-10-33-23/h3-6,8-10,12,14-17,26H,7,11,13H2,1-2H3,(H4,30,31,34,35)/b12-8+. The van der Waals surface area contributed by atoms with Crippen molar-refractivity contribution >= 4 is 17.5 Å². The molecule has 10 heteroatoms. The van der Waals surface area contributed by atoms with E-state index in [1.807, 2.05) is 18.3 Å². The topological polar surface area (TPSA) is 142 Å². The van der Waals surface area contributed by atoms with Crippen LogP contribution in [0.15, 0.2) is 73.5 Å². The molecule has 4 N–H and O–H groups in total. The number of carbonyl (C=O) groups excluding carboxylic acids is 1. The summed E-state index contributed by atoms with van der Waals surface area (Å²) in [6, 6.07) is 11.7. The average Bonchev–Trinajstić information content (AvgIpc) is 2.96. The molecular formula is C29H29N7O3. The molecule has 1 aliphatic rings. The van der Waals surface area contributed by atoms with Crippen LogP contribution >= 0.6 is 0 Å². The van der Waals surface area contributed by atoms with E-state index in [1.54, 1.807) is 43.0 Å². The molecule has 0 aliphatic carbocycles. The van der Waals surface area contributed by atoms with Crippen LogP contribution in [-0.2, 0) is 12.8 Å². The Hall–Kier alpha value is -4.99. The summed E-state index contributed by atoms with van der Waals surface area (Å²) >= 11 is 0. The molecule has 3 heterocycles. The van der Waals surface area contributed by atoms with Gasteiger partial charge in [-0.15, -0.1) is 0 Å². The zero-order valence-corrected chi connectivity index (χ0v) is 21.7. The first kappa shape index (κ1) is 25.7. The first-order chi connectivity index (χ1) is 19.0. The number of fused-ring (bicyclic) bond motifs is 1. The normalized spacial score (nSPS) is 14.7. The van der Waals surface area contributed by atoms with Crippen molar-refractivity contribution in [2.45, 2.75) is 18.9 Å². The van der Waals surface area contributed by atoms with E-state index in [0.29, 0.717) is 29.0 Å². The van der Waals surface area contributed by atoms with E-state index in [1.165, 1.54) is 19.8 Å². The molecule has 0 saturated heterocycles. The highest BCUT2D eigenvalue weighted by Gasteiger charge is 2.28. The van der Waals surface area contributed by atoms with Gasteiger partial charge < -0.3 is 25.8 Å². The van der Waals surface area contributed by atoms with E-state index in [2.05, 4.69) is 37.0 Å². The second-order valence-corrected chi connectivity index (χ2v) is 9.09. The van der Waals surface area contributed by atoms with Gasteiger partial charge in [0.15, 0.2) is 17.3 Å². The Kier molecular flexibility index (Phi) is 7.35. The Morgan fingerprint density at radius 1 is 1.10 bits per heavy atom. The maximum atomic E-state index is 13.6. The highest BCUT2D eigenvalue weighted by atomic mass is 16.5. The fraction of sp³-hybridized carbons (Fsp3) is 0.207. The summed E-state index contributed by atoms with van der Waals surface area (Å²) in [6.45, 7) is 0.721. The minimum absolute atomic E-state index is 0.102. The monoisotopic (exact) mass is 523 g/mol. The van der Waals surface area contributed by atoms with Crippen LogP contribution in [0.25, 0.3) is 0 Å². The molecule has 0 amide bonds. The molecule has 0 radical (unpaired) electrons. The van der Waals surface area contributed by atoms with Gasteiger partial charge in [0.05, 0.1) is 37.7 Å². The zero-order chi connectivity index (χ0) is 27.4. The van der Waals surface area contributed by atoms with Crippen molar-refractivity contribution in [3.8, 4) is 11.5 Å². The minimum atomic E-state index is -0.231. The minimum Gasteiger partial charge on any atom is -0.493 e. The van der Waals surface area contributed by atoms with Crippen molar-refractivity contribution in [3.63, 3.8) is 0 Å². The third kappa shape index (κ3) is 5.35. The molecule has 1 aliphatic heterocycles. The van der Waals surface area contributed by atoms with Crippen LogP contribution in [0, 0.1) is 0 Å². The van der Waals surface area contributed by atoms with E-state index in [0.717, 1.165) is 29.8 Å². The van der Waals surface area contributed by atoms with Crippen LogP contribution in [-0.4, -0.2) is 51.4 Å². The van der Waals surface area contributed by atoms with Gasteiger partial charge in [-0.1, -0.05) is 24.3 Å². The van der Waals surface area contributed by atoms with Crippen LogP contribution in [0.5, 0.6) is 11.5 Å². The van der Waals surface area contributed by atoms with Crippen molar-refractivity contribution in [3.05, 3.63) is 107 Å². The Morgan fingerprint density at radius 3 is 2.69 bits per heavy atom. The summed E-state index contributed by atoms with van der Waals surface area (Å²) in [6.07, 6.45) is 11.3. The number of ether oxygens (including phenoxy) is 2. The third-order valence-electron chi connectivity index (χ3n) is 6.72. The maximum Gasteiger partial charge on any atom is 0.221 e. The quantitative estimate of drug-likeness (QED) is 0.261. The highest BCUT2D eigenvalue weighted by molar-refractivity contribution is 6.07. The number of anilines is 2. The zero-order valence-electron chi connectivity index (χ0n) is 21.7. The summed E-state index contributed by atoms with van der Waals surface area (Å²) in [7, 11) is 3.04. The second kappa shape index (κ2) is 11.2. The number of ketones is 1. The van der Waals surface area contributed by atoms with Gasteiger partial charge >= 0.3 is 0 Å². The van der Waals surface area contributed by atoms with E-state index >= 15 is 0 Å². The molecule has 0 spiro atoms. The first-order valence-electron chi connectivity index (χ1n) is 12.4. The van der Waals surface area contributed by atoms with Crippen LogP contribution in [0.4, 0.5) is 11.8 Å². The fourth-order valence-electron chi connectivity index (χ4n) is 4.88. The van der Waals surface area contributed by atoms with Crippen molar-refractivity contribution in [2.24, 2.45) is 0 Å². The van der Waals surface area contributed by atoms with Gasteiger partial charge in [-0.2, -0.15) is 4.98 Å². The van der Waals surface area contributed by atoms with Gasteiger partial charge in [0.2, 0.25) is 5.95 Å². The number of nitrogen functional groups attached to an aromatic ring is 2. The second-order valence-electron chi connectivity index (χ2n) is 9.09. The average molecular weight is 524 g/mol. The molecule has 0 saturated carbocycles. The summed E-state index contributed by atoms with van der Waals surface area (Å²) in [5.74, 6) is 0.943. The van der Waals surface area contributed by atoms with Crippen molar-refractivity contribution in [1.82, 2.24) is 24.8 Å². The number of carbonyl (C=O) groups is 1. The van der Waals surface area contributed by atoms with Crippen molar-refractivity contribution in [2.75, 3.05) is 32.2 Å². The molecule has 0 fully saturated rings. The molecule has 4 aromatic rings. The number of benzene rings is 2. The van der Waals surface area contributed by atoms with Crippen LogP contribution in [0.2, 0.25) is 0 Å². The predicted octanol–water partition coefficient (Wildman–Crippen LogP) is 3.38. The van der Waals surface area contributed by atoms with E-state index in [-0.39, 0.29) is 23.6 Å². The molecule has 198 valence electrons. The number of rotatable bonds is 8. The smallest absolute Gasteiger partial charge is 0.221 e. The lowest BCUT2D eigenvalue weighted by Gasteiger charge is -2.36. The third-order valence-corrected chi connectivity index (χ3v) is 6.72. The van der Waals surface area contributed by atoms with Crippen molar-refractivity contribution < 1.29 is 14.3 Å². The molecule has 0 bridgehead atoms. The number of allylic oxidation sites excluding steroid dienone is 1. The Labute approximate surface area is 226 Å². The maximum absolute atomic E-state index is 13.6. The number of nitrogens with two attached hydrogens (primary N) is 2. The molecule has 5 rings (SSSR count). The Balaban J connectivity index is 1.48. The molecule has 1 unspecified atom stereocenters. The molecule has 1 atom stereocenters. The molecule has 10 nitrogen and oxygen atoms in total. The van der Waals surface area contributed by atoms with E-state index < -0.39 is 0 Å². The Morgan fingerprint density at radius 2 is 1.95 bits per heavy atom. The number of aromatic nitrogens is 4. The summed E-state index contributed by atoms with van der Waals surface area (Å²) < 4.78 is 11.1. The van der Waals surface area contributed by atoms with Gasteiger partial charge in [0.1, 0.15) is 5.82 Å². The first-order valence-corrected chi connectivity index (χ1v) is 12.4. The van der Waals surface area contributed by atoms with Crippen LogP contribution in [0.1, 0.15) is 44.3 Å². The molecular weight excluding hydrogens is 494 g/mol. The number of methoxy groups -OCH3 is 2. The number of hydrogen-bond donors (Lipinski definition) is 2. The van der Waals surface area contributed by atoms with Gasteiger partial charge in [0, 0.05) is 49.4 Å². The fourth-order valence-corrected chi connectivity index (χ4v) is 4.88. The predicted molar refractivity (Wildman–Crippen MR) is 147 cm³/mol. The van der Waals surface area contributed by atoms with Crippen LogP contribution < -0.4 is 20.9 Å². The Bertz CT molecular complexity index is 1530. The summed E-state index contributed by atoms with van der Waals surface area (Å²) in [5.41, 5.74) is 16.7. The number of hydrogen-bond acceptors (Lipinski definition) is 10. The highest BCUT2D eigenvalue weighted by Crippen LogP contribution is 2.36. The van der Waals surface area contributed by atoms with Crippen molar-refractivity contribution in [1.29, 1.82) is 0 Å². The summed E-state index contributed by atoms with van der Waals surface area (Å²) in [4.78, 5) is 32.6. The lowest BCUT2D eigenvalue weighted by atomic mass is 9.91. The van der Waals surface area contributed by atoms with E-state index in [9.17, 15) is 4.79 Å². The van der Waals surface area contributed by atoms with Gasteiger partial charge in [-0.05, 0) is 35.2 Å². The van der Waals surface area contributed by atoms with Gasteiger partial charge in [0.25, 0.3) is 0 Å². The van der Waals surface area contributed by atoms with E-state index in [4.69, 9.17) is 20.9 Å². The lowest BCUT2D eigenvalue weighted by Crippen LogP contribution is -2.32. The summed E-state index contributed by atoms with van der Waals surface area (Å²) in [5, 5.41) is 0. The molecule has 2 aromatic carbocycles. The molecule has 2 aromatic heterocycles.